The molecule has 88 valence electrons. The number of H-pyrrole nitrogens is 1. The number of aromatic nitrogens is 2. The van der Waals surface area contributed by atoms with Crippen molar-refractivity contribution in [2.24, 2.45) is 0 Å². The molecule has 6 heteroatoms. The predicted octanol–water partition coefficient (Wildman–Crippen LogP) is 1.12. The van der Waals surface area contributed by atoms with E-state index in [4.69, 9.17) is 0 Å². The number of amides is 1. The second-order valence-electron chi connectivity index (χ2n) is 3.97. The van der Waals surface area contributed by atoms with Crippen LogP contribution in [0.1, 0.15) is 11.4 Å². The minimum Gasteiger partial charge on any atom is -0.347 e. The Morgan fingerprint density at radius 3 is 3.35 bits per heavy atom. The van der Waals surface area contributed by atoms with Gasteiger partial charge in [0.2, 0.25) is 5.91 Å². The number of hydrogen-bond donors (Lipinski definition) is 3. The van der Waals surface area contributed by atoms with Crippen molar-refractivity contribution in [3.63, 3.8) is 0 Å². The molecular formula is C11H12N4OS. The summed E-state index contributed by atoms with van der Waals surface area (Å²) in [6, 6.07) is 1.69. The highest BCUT2D eigenvalue weighted by Crippen LogP contribution is 2.15. The molecule has 0 radical (unpaired) electrons. The van der Waals surface area contributed by atoms with Crippen molar-refractivity contribution >= 4 is 22.9 Å². The molecule has 0 spiro atoms. The largest absolute Gasteiger partial charge is 0.347 e. The zero-order chi connectivity index (χ0) is 11.7. The van der Waals surface area contributed by atoms with Crippen molar-refractivity contribution < 1.29 is 4.79 Å². The SMILES string of the molecule is O=C(Nc1ccsc1)C1Cc2nc[nH]c2CN1. The topological polar surface area (TPSA) is 69.8 Å². The Kier molecular flexibility index (Phi) is 2.66. The van der Waals surface area contributed by atoms with Gasteiger partial charge in [0.15, 0.2) is 0 Å². The highest BCUT2D eigenvalue weighted by atomic mass is 32.1. The molecule has 1 aliphatic rings. The van der Waals surface area contributed by atoms with Gasteiger partial charge in [-0.3, -0.25) is 10.1 Å². The van der Waals surface area contributed by atoms with E-state index in [9.17, 15) is 4.79 Å². The van der Waals surface area contributed by atoms with E-state index in [-0.39, 0.29) is 11.9 Å². The normalized spacial score (nSPS) is 18.7. The summed E-state index contributed by atoms with van der Waals surface area (Å²) in [4.78, 5) is 19.3. The maximum atomic E-state index is 12.0. The van der Waals surface area contributed by atoms with Crippen molar-refractivity contribution in [1.29, 1.82) is 0 Å². The minimum atomic E-state index is -0.203. The van der Waals surface area contributed by atoms with Crippen LogP contribution in [0.25, 0.3) is 0 Å². The third-order valence-corrected chi connectivity index (χ3v) is 3.52. The first-order valence-electron chi connectivity index (χ1n) is 5.40. The van der Waals surface area contributed by atoms with Gasteiger partial charge >= 0.3 is 0 Å². The van der Waals surface area contributed by atoms with Gasteiger partial charge in [-0.1, -0.05) is 0 Å². The van der Waals surface area contributed by atoms with E-state index in [1.807, 2.05) is 16.8 Å². The van der Waals surface area contributed by atoms with Gasteiger partial charge in [-0.2, -0.15) is 11.3 Å². The number of imidazole rings is 1. The summed E-state index contributed by atoms with van der Waals surface area (Å²) in [5.41, 5.74) is 2.91. The Hall–Kier alpha value is -1.66. The number of nitrogens with zero attached hydrogens (tertiary/aromatic N) is 1. The standard InChI is InChI=1S/C11H12N4OS/c16-11(15-7-1-2-17-5-7)9-3-8-10(4-12-9)14-6-13-8/h1-2,5-6,9,12H,3-4H2,(H,13,14)(H,15,16). The highest BCUT2D eigenvalue weighted by Gasteiger charge is 2.25. The average Bonchev–Trinajstić information content (AvgIpc) is 2.97. The van der Waals surface area contributed by atoms with Crippen LogP contribution in [0.3, 0.4) is 0 Å². The Balaban J connectivity index is 1.68. The number of anilines is 1. The van der Waals surface area contributed by atoms with Crippen LogP contribution in [-0.2, 0) is 17.8 Å². The van der Waals surface area contributed by atoms with Crippen molar-refractivity contribution in [2.75, 3.05) is 5.32 Å². The van der Waals surface area contributed by atoms with E-state index in [0.29, 0.717) is 13.0 Å². The third kappa shape index (κ3) is 2.09. The summed E-state index contributed by atoms with van der Waals surface area (Å²) in [6.45, 7) is 0.664. The Labute approximate surface area is 102 Å². The van der Waals surface area contributed by atoms with Crippen LogP contribution in [0.4, 0.5) is 5.69 Å². The third-order valence-electron chi connectivity index (χ3n) is 2.84. The van der Waals surface area contributed by atoms with E-state index < -0.39 is 0 Å². The van der Waals surface area contributed by atoms with E-state index >= 15 is 0 Å². The molecule has 3 N–H and O–H groups in total. The predicted molar refractivity (Wildman–Crippen MR) is 65.9 cm³/mol. The van der Waals surface area contributed by atoms with Gasteiger partial charge in [0.05, 0.1) is 29.4 Å². The van der Waals surface area contributed by atoms with E-state index in [1.54, 1.807) is 17.7 Å². The second-order valence-corrected chi connectivity index (χ2v) is 4.75. The molecule has 1 aliphatic heterocycles. The zero-order valence-electron chi connectivity index (χ0n) is 9.06. The van der Waals surface area contributed by atoms with E-state index in [1.165, 1.54) is 0 Å². The van der Waals surface area contributed by atoms with Crippen molar-refractivity contribution in [3.05, 3.63) is 34.5 Å². The highest BCUT2D eigenvalue weighted by molar-refractivity contribution is 7.08. The van der Waals surface area contributed by atoms with Gasteiger partial charge in [0.1, 0.15) is 0 Å². The molecule has 0 fully saturated rings. The molecular weight excluding hydrogens is 236 g/mol. The molecule has 0 aliphatic carbocycles. The first-order chi connectivity index (χ1) is 8.33. The van der Waals surface area contributed by atoms with Crippen LogP contribution in [0, 0.1) is 0 Å². The van der Waals surface area contributed by atoms with Crippen molar-refractivity contribution in [3.8, 4) is 0 Å². The first kappa shape index (κ1) is 10.5. The summed E-state index contributed by atoms with van der Waals surface area (Å²) in [6.07, 6.45) is 2.31. The Morgan fingerprint density at radius 1 is 1.59 bits per heavy atom. The summed E-state index contributed by atoms with van der Waals surface area (Å²) >= 11 is 1.57. The maximum absolute atomic E-state index is 12.0. The quantitative estimate of drug-likeness (QED) is 0.746. The summed E-state index contributed by atoms with van der Waals surface area (Å²) in [5, 5.41) is 9.94. The fourth-order valence-electron chi connectivity index (χ4n) is 1.92. The molecule has 1 atom stereocenters. The molecule has 5 nitrogen and oxygen atoms in total. The number of rotatable bonds is 2. The fourth-order valence-corrected chi connectivity index (χ4v) is 2.51. The van der Waals surface area contributed by atoms with Crippen LogP contribution < -0.4 is 10.6 Å². The number of carbonyl (C=O) groups is 1. The van der Waals surface area contributed by atoms with Crippen LogP contribution in [0.5, 0.6) is 0 Å². The summed E-state index contributed by atoms with van der Waals surface area (Å²) in [7, 11) is 0. The smallest absolute Gasteiger partial charge is 0.241 e. The molecule has 3 heterocycles. The molecule has 0 saturated carbocycles. The van der Waals surface area contributed by atoms with Gasteiger partial charge in [-0.05, 0) is 11.4 Å². The minimum absolute atomic E-state index is 0.00273. The molecule has 1 amide bonds. The van der Waals surface area contributed by atoms with Crippen LogP contribution in [-0.4, -0.2) is 21.9 Å². The Morgan fingerprint density at radius 2 is 2.53 bits per heavy atom. The van der Waals surface area contributed by atoms with Gasteiger partial charge in [0.25, 0.3) is 0 Å². The molecule has 0 aromatic carbocycles. The molecule has 2 aromatic rings. The van der Waals surface area contributed by atoms with Crippen molar-refractivity contribution in [2.45, 2.75) is 19.0 Å². The van der Waals surface area contributed by atoms with Gasteiger partial charge in [-0.15, -0.1) is 0 Å². The monoisotopic (exact) mass is 248 g/mol. The van der Waals surface area contributed by atoms with E-state index in [2.05, 4.69) is 20.6 Å². The molecule has 2 aromatic heterocycles. The molecule has 3 rings (SSSR count). The van der Waals surface area contributed by atoms with Gasteiger partial charge in [-0.25, -0.2) is 4.98 Å². The number of carbonyl (C=O) groups excluding carboxylic acids is 1. The van der Waals surface area contributed by atoms with E-state index in [0.717, 1.165) is 17.1 Å². The number of fused-ring (bicyclic) bond motifs is 1. The number of thiophene rings is 1. The van der Waals surface area contributed by atoms with Crippen LogP contribution in [0.15, 0.2) is 23.2 Å². The lowest BCUT2D eigenvalue weighted by atomic mass is 10.0. The number of aromatic amines is 1. The molecule has 0 saturated heterocycles. The molecule has 0 bridgehead atoms. The lowest BCUT2D eigenvalue weighted by Gasteiger charge is -2.21. The van der Waals surface area contributed by atoms with Gasteiger partial charge in [0, 0.05) is 18.3 Å². The van der Waals surface area contributed by atoms with Crippen molar-refractivity contribution in [1.82, 2.24) is 15.3 Å². The average molecular weight is 248 g/mol. The first-order valence-corrected chi connectivity index (χ1v) is 6.35. The number of nitrogens with one attached hydrogen (secondary N) is 3. The fraction of sp³-hybridized carbons (Fsp3) is 0.273. The Bertz CT molecular complexity index is 519. The lowest BCUT2D eigenvalue weighted by Crippen LogP contribution is -2.44. The maximum Gasteiger partial charge on any atom is 0.241 e. The van der Waals surface area contributed by atoms with Crippen LogP contribution in [0.2, 0.25) is 0 Å². The molecule has 17 heavy (non-hydrogen) atoms. The summed E-state index contributed by atoms with van der Waals surface area (Å²) in [5.74, 6) is -0.00273. The van der Waals surface area contributed by atoms with Crippen LogP contribution >= 0.6 is 11.3 Å². The van der Waals surface area contributed by atoms with Gasteiger partial charge < -0.3 is 10.3 Å². The number of hydrogen-bond acceptors (Lipinski definition) is 4. The molecule has 1 unspecified atom stereocenters. The zero-order valence-corrected chi connectivity index (χ0v) is 9.88. The lowest BCUT2D eigenvalue weighted by molar-refractivity contribution is -0.118. The second kappa shape index (κ2) is 4.31. The summed E-state index contributed by atoms with van der Waals surface area (Å²) < 4.78 is 0.